The molecule has 1 amide bonds. The highest BCUT2D eigenvalue weighted by atomic mass is 35.5. The van der Waals surface area contributed by atoms with Gasteiger partial charge in [-0.2, -0.15) is 0 Å². The lowest BCUT2D eigenvalue weighted by Crippen LogP contribution is -2.23. The number of nitrogens with zero attached hydrogens (tertiary/aromatic N) is 1. The Morgan fingerprint density at radius 1 is 1.12 bits per heavy atom. The van der Waals surface area contributed by atoms with Gasteiger partial charge in [-0.25, -0.2) is 0 Å². The number of aromatic nitrogens is 1. The number of rotatable bonds is 7. The van der Waals surface area contributed by atoms with Crippen molar-refractivity contribution >= 4 is 34.5 Å². The summed E-state index contributed by atoms with van der Waals surface area (Å²) >= 11 is 6.05. The maximum atomic E-state index is 11.8. The second-order valence-corrected chi connectivity index (χ2v) is 6.09. The van der Waals surface area contributed by atoms with Crippen LogP contribution in [0.4, 0.5) is 0 Å². The zero-order valence-electron chi connectivity index (χ0n) is 14.2. The van der Waals surface area contributed by atoms with E-state index in [2.05, 4.69) is 10.3 Å². The molecule has 2 aromatic carbocycles. The fraction of sp³-hybridized carbons (Fsp3) is 0.143. The van der Waals surface area contributed by atoms with Gasteiger partial charge in [-0.15, -0.1) is 0 Å². The van der Waals surface area contributed by atoms with Crippen molar-refractivity contribution in [1.82, 2.24) is 10.3 Å². The van der Waals surface area contributed by atoms with E-state index in [0.717, 1.165) is 22.2 Å². The van der Waals surface area contributed by atoms with Crippen molar-refractivity contribution in [3.8, 4) is 5.75 Å². The summed E-state index contributed by atoms with van der Waals surface area (Å²) in [6.07, 6.45) is 5.64. The lowest BCUT2D eigenvalue weighted by molar-refractivity contribution is -0.116. The summed E-state index contributed by atoms with van der Waals surface area (Å²) in [6, 6.07) is 17.1. The normalized spacial score (nSPS) is 11.0. The summed E-state index contributed by atoms with van der Waals surface area (Å²) in [7, 11) is 0. The van der Waals surface area contributed by atoms with E-state index in [1.807, 2.05) is 48.5 Å². The Bertz CT molecular complexity index is 919. The molecule has 0 spiro atoms. The van der Waals surface area contributed by atoms with E-state index < -0.39 is 0 Å². The Labute approximate surface area is 157 Å². The third-order valence-corrected chi connectivity index (χ3v) is 4.14. The predicted molar refractivity (Wildman–Crippen MR) is 105 cm³/mol. The van der Waals surface area contributed by atoms with E-state index in [1.165, 1.54) is 6.08 Å². The number of benzene rings is 2. The SMILES string of the molecule is O=C(C=Cc1ccccc1Cl)NCCCOc1cccc2cccnc12. The Morgan fingerprint density at radius 2 is 1.96 bits per heavy atom. The summed E-state index contributed by atoms with van der Waals surface area (Å²) in [4.78, 5) is 16.2. The molecule has 0 unspecified atom stereocenters. The number of pyridine rings is 1. The summed E-state index contributed by atoms with van der Waals surface area (Å²) < 4.78 is 5.80. The number of ether oxygens (including phenoxy) is 1. The number of hydrogen-bond donors (Lipinski definition) is 1. The molecule has 3 aromatic rings. The first-order chi connectivity index (χ1) is 12.7. The van der Waals surface area contributed by atoms with Crippen molar-refractivity contribution in [2.75, 3.05) is 13.2 Å². The smallest absolute Gasteiger partial charge is 0.244 e. The van der Waals surface area contributed by atoms with Crippen LogP contribution in [-0.4, -0.2) is 24.0 Å². The van der Waals surface area contributed by atoms with Crippen LogP contribution in [0.3, 0.4) is 0 Å². The molecule has 0 aliphatic rings. The topological polar surface area (TPSA) is 51.2 Å². The molecule has 0 atom stereocenters. The number of halogens is 1. The minimum Gasteiger partial charge on any atom is -0.491 e. The van der Waals surface area contributed by atoms with Gasteiger partial charge >= 0.3 is 0 Å². The number of fused-ring (bicyclic) bond motifs is 1. The van der Waals surface area contributed by atoms with Gasteiger partial charge < -0.3 is 10.1 Å². The average Bonchev–Trinajstić information content (AvgIpc) is 2.67. The Morgan fingerprint density at radius 3 is 2.85 bits per heavy atom. The number of nitrogens with one attached hydrogen (secondary N) is 1. The number of amides is 1. The highest BCUT2D eigenvalue weighted by molar-refractivity contribution is 6.32. The highest BCUT2D eigenvalue weighted by Crippen LogP contribution is 2.22. The minimum absolute atomic E-state index is 0.156. The zero-order chi connectivity index (χ0) is 18.2. The molecule has 26 heavy (non-hydrogen) atoms. The second kappa shape index (κ2) is 9.02. The molecule has 1 heterocycles. The molecule has 1 aromatic heterocycles. The van der Waals surface area contributed by atoms with E-state index in [1.54, 1.807) is 18.3 Å². The summed E-state index contributed by atoms with van der Waals surface area (Å²) in [5, 5.41) is 4.49. The molecule has 0 aliphatic heterocycles. The van der Waals surface area contributed by atoms with Gasteiger partial charge in [0.2, 0.25) is 5.91 Å². The summed E-state index contributed by atoms with van der Waals surface area (Å²) in [6.45, 7) is 1.04. The van der Waals surface area contributed by atoms with Crippen LogP contribution in [-0.2, 0) is 4.79 Å². The fourth-order valence-electron chi connectivity index (χ4n) is 2.49. The molecule has 0 fully saturated rings. The van der Waals surface area contributed by atoms with E-state index in [9.17, 15) is 4.79 Å². The summed E-state index contributed by atoms with van der Waals surface area (Å²) in [5.74, 6) is 0.602. The van der Waals surface area contributed by atoms with Gasteiger partial charge in [-0.1, -0.05) is 48.0 Å². The van der Waals surface area contributed by atoms with Gasteiger partial charge in [0.1, 0.15) is 11.3 Å². The lowest BCUT2D eigenvalue weighted by Gasteiger charge is -2.08. The Kier molecular flexibility index (Phi) is 6.23. The van der Waals surface area contributed by atoms with Gasteiger partial charge in [0.25, 0.3) is 0 Å². The molecule has 1 N–H and O–H groups in total. The van der Waals surface area contributed by atoms with E-state index >= 15 is 0 Å². The maximum Gasteiger partial charge on any atom is 0.244 e. The van der Waals surface area contributed by atoms with Gasteiger partial charge in [0.15, 0.2) is 0 Å². The van der Waals surface area contributed by atoms with Crippen LogP contribution in [0.5, 0.6) is 5.75 Å². The number of hydrogen-bond acceptors (Lipinski definition) is 3. The monoisotopic (exact) mass is 366 g/mol. The molecule has 4 nitrogen and oxygen atoms in total. The molecular weight excluding hydrogens is 348 g/mol. The van der Waals surface area contributed by atoms with Gasteiger partial charge in [0.05, 0.1) is 6.61 Å². The maximum absolute atomic E-state index is 11.8. The van der Waals surface area contributed by atoms with E-state index in [0.29, 0.717) is 24.6 Å². The quantitative estimate of drug-likeness (QED) is 0.495. The van der Waals surface area contributed by atoms with Crippen LogP contribution < -0.4 is 10.1 Å². The van der Waals surface area contributed by atoms with Crippen molar-refractivity contribution < 1.29 is 9.53 Å². The first-order valence-corrected chi connectivity index (χ1v) is 8.79. The minimum atomic E-state index is -0.156. The van der Waals surface area contributed by atoms with Gasteiger partial charge in [0, 0.05) is 29.2 Å². The third-order valence-electron chi connectivity index (χ3n) is 3.79. The molecule has 0 radical (unpaired) electrons. The van der Waals surface area contributed by atoms with E-state index in [-0.39, 0.29) is 5.91 Å². The van der Waals surface area contributed by atoms with Crippen LogP contribution in [0.15, 0.2) is 66.9 Å². The average molecular weight is 367 g/mol. The summed E-state index contributed by atoms with van der Waals surface area (Å²) in [5.41, 5.74) is 1.66. The number of carbonyl (C=O) groups is 1. The van der Waals surface area contributed by atoms with Crippen molar-refractivity contribution in [2.45, 2.75) is 6.42 Å². The molecule has 0 aliphatic carbocycles. The van der Waals surface area contributed by atoms with Crippen molar-refractivity contribution in [3.63, 3.8) is 0 Å². The highest BCUT2D eigenvalue weighted by Gasteiger charge is 2.02. The lowest BCUT2D eigenvalue weighted by atomic mass is 10.2. The van der Waals surface area contributed by atoms with E-state index in [4.69, 9.17) is 16.3 Å². The van der Waals surface area contributed by atoms with Crippen LogP contribution in [0, 0.1) is 0 Å². The molecule has 132 valence electrons. The van der Waals surface area contributed by atoms with Crippen LogP contribution in [0.25, 0.3) is 17.0 Å². The van der Waals surface area contributed by atoms with Crippen LogP contribution >= 0.6 is 11.6 Å². The van der Waals surface area contributed by atoms with Crippen molar-refractivity contribution in [2.24, 2.45) is 0 Å². The van der Waals surface area contributed by atoms with Crippen molar-refractivity contribution in [1.29, 1.82) is 0 Å². The number of carbonyl (C=O) groups excluding carboxylic acids is 1. The Hall–Kier alpha value is -2.85. The Balaban J connectivity index is 1.43. The fourth-order valence-corrected chi connectivity index (χ4v) is 2.69. The first kappa shape index (κ1) is 18.0. The molecular formula is C21H19ClN2O2. The predicted octanol–water partition coefficient (Wildman–Crippen LogP) is 4.49. The molecule has 0 saturated carbocycles. The zero-order valence-corrected chi connectivity index (χ0v) is 14.9. The molecule has 0 saturated heterocycles. The first-order valence-electron chi connectivity index (χ1n) is 8.41. The largest absolute Gasteiger partial charge is 0.491 e. The molecule has 5 heteroatoms. The van der Waals surface area contributed by atoms with Crippen LogP contribution in [0.1, 0.15) is 12.0 Å². The van der Waals surface area contributed by atoms with Gasteiger partial charge in [-0.3, -0.25) is 9.78 Å². The number of para-hydroxylation sites is 1. The molecule has 3 rings (SSSR count). The molecule has 0 bridgehead atoms. The van der Waals surface area contributed by atoms with Gasteiger partial charge in [-0.05, 0) is 36.3 Å². The second-order valence-electron chi connectivity index (χ2n) is 5.68. The van der Waals surface area contributed by atoms with Crippen molar-refractivity contribution in [3.05, 3.63) is 77.5 Å². The van der Waals surface area contributed by atoms with Crippen LogP contribution in [0.2, 0.25) is 5.02 Å². The standard InChI is InChI=1S/C21H19ClN2O2/c22-18-9-2-1-6-16(18)11-12-20(25)23-14-5-15-26-19-10-3-7-17-8-4-13-24-21(17)19/h1-4,6-13H,5,14-15H2,(H,23,25). The third kappa shape index (κ3) is 4.83.